The van der Waals surface area contributed by atoms with E-state index in [4.69, 9.17) is 14.9 Å². The van der Waals surface area contributed by atoms with Crippen LogP contribution in [0, 0.1) is 32.1 Å². The molecule has 0 unspecified atom stereocenters. The van der Waals surface area contributed by atoms with Gasteiger partial charge in [0.05, 0.1) is 28.4 Å². The molecule has 0 fully saturated rings. The van der Waals surface area contributed by atoms with Gasteiger partial charge < -0.3 is 4.74 Å². The minimum absolute atomic E-state index is 0.607. The highest BCUT2D eigenvalue weighted by Crippen LogP contribution is 2.39. The van der Waals surface area contributed by atoms with Crippen molar-refractivity contribution in [2.45, 2.75) is 20.8 Å². The highest BCUT2D eigenvalue weighted by Gasteiger charge is 2.23. The Morgan fingerprint density at radius 1 is 0.556 bits per heavy atom. The second-order valence-electron chi connectivity index (χ2n) is 13.5. The van der Waals surface area contributed by atoms with Crippen molar-refractivity contribution in [2.75, 3.05) is 0 Å². The van der Waals surface area contributed by atoms with Crippen LogP contribution in [0.4, 0.5) is 0 Å². The third-order valence-electron chi connectivity index (χ3n) is 10.00. The average molecular weight is 699 g/mol. The van der Waals surface area contributed by atoms with Crippen molar-refractivity contribution in [1.29, 1.82) is 5.26 Å². The standard InChI is InChI=1S/C47H34N6O/c1-30-19-21-35(27-43(30)54-36-22-23-38-40-26-33(29-48)20-24-41(40)52(42(38)28-36)44-18-9-10-25-49-44)46-50-51-47(53(46)45-31(2)12-11-13-32(45)3)39-17-8-7-16-37(39)34-14-5-4-6-15-34/h4-28H,1-3H3. The Bertz CT molecular complexity index is 2880. The number of hydrogen-bond donors (Lipinski definition) is 0. The van der Waals surface area contributed by atoms with E-state index in [0.29, 0.717) is 22.9 Å². The summed E-state index contributed by atoms with van der Waals surface area (Å²) < 4.78 is 11.0. The summed E-state index contributed by atoms with van der Waals surface area (Å²) in [4.78, 5) is 4.67. The molecule has 0 spiro atoms. The molecular formula is C47H34N6O. The van der Waals surface area contributed by atoms with Crippen molar-refractivity contribution < 1.29 is 4.74 Å². The summed E-state index contributed by atoms with van der Waals surface area (Å²) in [5.74, 6) is 3.65. The maximum Gasteiger partial charge on any atom is 0.169 e. The van der Waals surface area contributed by atoms with Crippen LogP contribution in [0.5, 0.6) is 11.5 Å². The van der Waals surface area contributed by atoms with Crippen LogP contribution >= 0.6 is 0 Å². The van der Waals surface area contributed by atoms with E-state index in [-0.39, 0.29) is 0 Å². The Kier molecular flexibility index (Phi) is 8.06. The van der Waals surface area contributed by atoms with E-state index in [1.54, 1.807) is 6.20 Å². The van der Waals surface area contributed by atoms with E-state index in [1.165, 1.54) is 0 Å². The molecule has 9 aromatic rings. The Hall–Kier alpha value is -7.30. The molecule has 3 heterocycles. The number of ether oxygens (including phenoxy) is 1. The molecule has 9 rings (SSSR count). The van der Waals surface area contributed by atoms with E-state index in [2.05, 4.69) is 119 Å². The summed E-state index contributed by atoms with van der Waals surface area (Å²) in [6, 6.07) is 51.3. The van der Waals surface area contributed by atoms with E-state index >= 15 is 0 Å². The van der Waals surface area contributed by atoms with Crippen molar-refractivity contribution in [3.63, 3.8) is 0 Å². The molecule has 0 radical (unpaired) electrons. The van der Waals surface area contributed by atoms with Crippen LogP contribution in [0.2, 0.25) is 0 Å². The van der Waals surface area contributed by atoms with Gasteiger partial charge in [-0.05, 0) is 97.1 Å². The molecule has 3 aromatic heterocycles. The summed E-state index contributed by atoms with van der Waals surface area (Å²) in [7, 11) is 0. The Morgan fingerprint density at radius 2 is 1.31 bits per heavy atom. The first-order valence-corrected chi connectivity index (χ1v) is 17.8. The summed E-state index contributed by atoms with van der Waals surface area (Å²) in [5, 5.41) is 21.4. The van der Waals surface area contributed by atoms with Gasteiger partial charge in [0, 0.05) is 34.2 Å². The lowest BCUT2D eigenvalue weighted by molar-refractivity contribution is 0.479. The predicted octanol–water partition coefficient (Wildman–Crippen LogP) is 11.3. The van der Waals surface area contributed by atoms with E-state index in [1.807, 2.05) is 67.6 Å². The van der Waals surface area contributed by atoms with Crippen molar-refractivity contribution in [1.82, 2.24) is 24.3 Å². The van der Waals surface area contributed by atoms with Crippen molar-refractivity contribution in [3.8, 4) is 63.0 Å². The van der Waals surface area contributed by atoms with Gasteiger partial charge in [0.1, 0.15) is 17.3 Å². The van der Waals surface area contributed by atoms with Crippen molar-refractivity contribution in [2.24, 2.45) is 0 Å². The minimum atomic E-state index is 0.607. The highest BCUT2D eigenvalue weighted by molar-refractivity contribution is 6.10. The van der Waals surface area contributed by atoms with Crippen LogP contribution in [0.15, 0.2) is 152 Å². The number of aromatic nitrogens is 5. The van der Waals surface area contributed by atoms with Crippen LogP contribution in [-0.2, 0) is 0 Å². The SMILES string of the molecule is Cc1ccc(-c2nnc(-c3ccccc3-c3ccccc3)n2-c2c(C)cccc2C)cc1Oc1ccc2c3cc(C#N)ccc3n(-c3ccccn3)c2c1. The summed E-state index contributed by atoms with van der Waals surface area (Å²) in [6.07, 6.45) is 1.79. The third kappa shape index (κ3) is 5.58. The molecule has 6 aromatic carbocycles. The fourth-order valence-corrected chi connectivity index (χ4v) is 7.41. The fourth-order valence-electron chi connectivity index (χ4n) is 7.41. The molecule has 0 amide bonds. The lowest BCUT2D eigenvalue weighted by atomic mass is 9.98. The third-order valence-corrected chi connectivity index (χ3v) is 10.00. The molecule has 0 N–H and O–H groups in total. The van der Waals surface area contributed by atoms with E-state index in [9.17, 15) is 5.26 Å². The topological polar surface area (TPSA) is 81.5 Å². The molecule has 258 valence electrons. The first-order chi connectivity index (χ1) is 26.5. The minimum Gasteiger partial charge on any atom is -0.457 e. The molecule has 0 atom stereocenters. The number of benzene rings is 6. The zero-order valence-electron chi connectivity index (χ0n) is 30.0. The Labute approximate surface area is 313 Å². The van der Waals surface area contributed by atoms with Crippen LogP contribution in [0.3, 0.4) is 0 Å². The Morgan fingerprint density at radius 3 is 2.09 bits per heavy atom. The number of nitriles is 1. The number of para-hydroxylation sites is 1. The second-order valence-corrected chi connectivity index (χ2v) is 13.5. The molecule has 0 aliphatic heterocycles. The molecule has 0 bridgehead atoms. The van der Waals surface area contributed by atoms with Gasteiger partial charge in [0.25, 0.3) is 0 Å². The van der Waals surface area contributed by atoms with E-state index < -0.39 is 0 Å². The smallest absolute Gasteiger partial charge is 0.169 e. The van der Waals surface area contributed by atoms with Gasteiger partial charge in [-0.2, -0.15) is 5.26 Å². The largest absolute Gasteiger partial charge is 0.457 e. The lowest BCUT2D eigenvalue weighted by Crippen LogP contribution is -2.05. The van der Waals surface area contributed by atoms with Gasteiger partial charge in [0.2, 0.25) is 0 Å². The first-order valence-electron chi connectivity index (χ1n) is 17.8. The molecule has 54 heavy (non-hydrogen) atoms. The molecule has 7 heteroatoms. The molecule has 0 aliphatic carbocycles. The van der Waals surface area contributed by atoms with Gasteiger partial charge >= 0.3 is 0 Å². The van der Waals surface area contributed by atoms with Gasteiger partial charge in [0.15, 0.2) is 11.6 Å². The van der Waals surface area contributed by atoms with Gasteiger partial charge in [-0.1, -0.05) is 91.0 Å². The number of hydrogen-bond acceptors (Lipinski definition) is 5. The summed E-state index contributed by atoms with van der Waals surface area (Å²) in [5.41, 5.74) is 10.8. The van der Waals surface area contributed by atoms with Gasteiger partial charge in [-0.25, -0.2) is 4.98 Å². The first kappa shape index (κ1) is 32.6. The van der Waals surface area contributed by atoms with Crippen molar-refractivity contribution >= 4 is 21.8 Å². The lowest BCUT2D eigenvalue weighted by Gasteiger charge is -2.18. The molecule has 0 saturated carbocycles. The number of nitrogens with zero attached hydrogens (tertiary/aromatic N) is 6. The highest BCUT2D eigenvalue weighted by atomic mass is 16.5. The zero-order chi connectivity index (χ0) is 36.8. The maximum absolute atomic E-state index is 9.66. The van der Waals surface area contributed by atoms with Crippen molar-refractivity contribution in [3.05, 3.63) is 174 Å². The average Bonchev–Trinajstić information content (AvgIpc) is 3.78. The predicted molar refractivity (Wildman–Crippen MR) is 215 cm³/mol. The number of aryl methyl sites for hydroxylation is 3. The summed E-state index contributed by atoms with van der Waals surface area (Å²) >= 11 is 0. The maximum atomic E-state index is 9.66. The van der Waals surface area contributed by atoms with Crippen LogP contribution in [0.1, 0.15) is 22.3 Å². The van der Waals surface area contributed by atoms with E-state index in [0.717, 1.165) is 78.1 Å². The summed E-state index contributed by atoms with van der Waals surface area (Å²) in [6.45, 7) is 6.30. The van der Waals surface area contributed by atoms with Gasteiger partial charge in [-0.15, -0.1) is 10.2 Å². The monoisotopic (exact) mass is 698 g/mol. The fraction of sp³-hybridized carbons (Fsp3) is 0.0638. The van der Waals surface area contributed by atoms with Crippen LogP contribution in [-0.4, -0.2) is 24.3 Å². The quantitative estimate of drug-likeness (QED) is 0.165. The molecular weight excluding hydrogens is 665 g/mol. The molecule has 0 aliphatic rings. The normalized spacial score (nSPS) is 11.2. The second kappa shape index (κ2) is 13.4. The number of rotatable bonds is 7. The number of fused-ring (bicyclic) bond motifs is 3. The Balaban J connectivity index is 1.18. The van der Waals surface area contributed by atoms with Crippen LogP contribution in [0.25, 0.3) is 67.2 Å². The molecule has 7 nitrogen and oxygen atoms in total. The zero-order valence-corrected chi connectivity index (χ0v) is 30.0. The van der Waals surface area contributed by atoms with Crippen LogP contribution < -0.4 is 4.74 Å². The number of pyridine rings is 1. The van der Waals surface area contributed by atoms with Gasteiger partial charge in [-0.3, -0.25) is 9.13 Å². The molecule has 0 saturated heterocycles.